The van der Waals surface area contributed by atoms with Gasteiger partial charge in [0.25, 0.3) is 0 Å². The standard InChI is InChI=1S/C9H15NO.C2H6/c1-8-9(5-7-11)4-3-6-10(8)2;1-2/h7,9H,1,3-6H2,2H3;1-2H3. The predicted octanol–water partition coefficient (Wildman–Crippen LogP) is 2.46. The molecule has 0 spiro atoms. The number of hydrogen-bond acceptors (Lipinski definition) is 2. The molecule has 13 heavy (non-hydrogen) atoms. The number of carbonyl (C=O) groups is 1. The quantitative estimate of drug-likeness (QED) is 0.613. The van der Waals surface area contributed by atoms with E-state index in [1.54, 1.807) is 0 Å². The van der Waals surface area contributed by atoms with E-state index in [-0.39, 0.29) is 0 Å². The van der Waals surface area contributed by atoms with Crippen molar-refractivity contribution in [2.45, 2.75) is 33.1 Å². The molecule has 0 bridgehead atoms. The number of piperidine rings is 1. The fraction of sp³-hybridized carbons (Fsp3) is 0.727. The van der Waals surface area contributed by atoms with Crippen LogP contribution in [0.3, 0.4) is 0 Å². The van der Waals surface area contributed by atoms with E-state index < -0.39 is 0 Å². The smallest absolute Gasteiger partial charge is 0.120 e. The maximum Gasteiger partial charge on any atom is 0.120 e. The molecule has 0 aromatic heterocycles. The molecule has 0 aromatic rings. The Morgan fingerprint density at radius 3 is 2.77 bits per heavy atom. The summed E-state index contributed by atoms with van der Waals surface area (Å²) in [5.41, 5.74) is 1.13. The highest BCUT2D eigenvalue weighted by Crippen LogP contribution is 2.25. The zero-order chi connectivity index (χ0) is 10.3. The summed E-state index contributed by atoms with van der Waals surface area (Å²) in [6, 6.07) is 0. The lowest BCUT2D eigenvalue weighted by Crippen LogP contribution is -2.29. The minimum Gasteiger partial charge on any atom is -0.378 e. The third-order valence-electron chi connectivity index (χ3n) is 2.39. The molecule has 2 nitrogen and oxygen atoms in total. The molecule has 1 aliphatic heterocycles. The number of aldehydes is 1. The largest absolute Gasteiger partial charge is 0.378 e. The highest BCUT2D eigenvalue weighted by molar-refractivity contribution is 5.50. The van der Waals surface area contributed by atoms with E-state index in [2.05, 4.69) is 11.5 Å². The number of hydrogen-bond donors (Lipinski definition) is 0. The van der Waals surface area contributed by atoms with Gasteiger partial charge in [-0.05, 0) is 12.8 Å². The van der Waals surface area contributed by atoms with Crippen molar-refractivity contribution >= 4 is 6.29 Å². The fourth-order valence-electron chi connectivity index (χ4n) is 1.57. The van der Waals surface area contributed by atoms with Gasteiger partial charge in [-0.15, -0.1) is 0 Å². The molecule has 1 heterocycles. The SMILES string of the molecule is C=C1C(CC=O)CCCN1C.CC. The number of carbonyl (C=O) groups excluding carboxylic acids is 1. The maximum atomic E-state index is 10.3. The molecule has 0 radical (unpaired) electrons. The first-order valence-electron chi connectivity index (χ1n) is 5.09. The van der Waals surface area contributed by atoms with Crippen LogP contribution in [-0.4, -0.2) is 24.8 Å². The van der Waals surface area contributed by atoms with Crippen LogP contribution in [0.1, 0.15) is 33.1 Å². The Hall–Kier alpha value is -0.790. The molecule has 1 fully saturated rings. The van der Waals surface area contributed by atoms with Crippen LogP contribution in [0, 0.1) is 5.92 Å². The number of rotatable bonds is 2. The van der Waals surface area contributed by atoms with Gasteiger partial charge in [0.15, 0.2) is 0 Å². The second-order valence-corrected chi connectivity index (χ2v) is 3.15. The van der Waals surface area contributed by atoms with Crippen LogP contribution in [0.2, 0.25) is 0 Å². The topological polar surface area (TPSA) is 20.3 Å². The summed E-state index contributed by atoms with van der Waals surface area (Å²) in [4.78, 5) is 12.4. The molecular formula is C11H21NO. The van der Waals surface area contributed by atoms with Gasteiger partial charge in [0.2, 0.25) is 0 Å². The monoisotopic (exact) mass is 183 g/mol. The molecule has 76 valence electrons. The molecule has 1 rings (SSSR count). The third kappa shape index (κ3) is 3.62. The maximum absolute atomic E-state index is 10.3. The molecule has 0 aliphatic carbocycles. The summed E-state index contributed by atoms with van der Waals surface area (Å²) >= 11 is 0. The first-order chi connectivity index (χ1) is 6.25. The van der Waals surface area contributed by atoms with Crippen LogP contribution in [0.25, 0.3) is 0 Å². The Kier molecular flexibility index (Phi) is 6.29. The first kappa shape index (κ1) is 12.2. The van der Waals surface area contributed by atoms with Crippen molar-refractivity contribution in [3.63, 3.8) is 0 Å². The Balaban J connectivity index is 0.000000671. The normalized spacial score (nSPS) is 21.9. The van der Waals surface area contributed by atoms with Gasteiger partial charge in [0.1, 0.15) is 6.29 Å². The average molecular weight is 183 g/mol. The van der Waals surface area contributed by atoms with E-state index in [1.165, 1.54) is 6.42 Å². The predicted molar refractivity (Wildman–Crippen MR) is 56.5 cm³/mol. The van der Waals surface area contributed by atoms with Crippen LogP contribution < -0.4 is 0 Å². The Morgan fingerprint density at radius 1 is 1.62 bits per heavy atom. The Bertz CT molecular complexity index is 165. The summed E-state index contributed by atoms with van der Waals surface area (Å²) in [6.45, 7) is 9.05. The molecule has 1 aliphatic rings. The van der Waals surface area contributed by atoms with Gasteiger partial charge in [0.05, 0.1) is 0 Å². The Morgan fingerprint density at radius 2 is 2.23 bits per heavy atom. The zero-order valence-corrected chi connectivity index (χ0v) is 9.05. The van der Waals surface area contributed by atoms with Crippen molar-refractivity contribution in [2.24, 2.45) is 5.92 Å². The summed E-state index contributed by atoms with van der Waals surface area (Å²) in [6.07, 6.45) is 3.95. The summed E-state index contributed by atoms with van der Waals surface area (Å²) in [5.74, 6) is 0.409. The van der Waals surface area contributed by atoms with Crippen molar-refractivity contribution in [1.82, 2.24) is 4.90 Å². The van der Waals surface area contributed by atoms with E-state index in [4.69, 9.17) is 0 Å². The Labute approximate surface area is 81.6 Å². The van der Waals surface area contributed by atoms with Crippen LogP contribution in [0.4, 0.5) is 0 Å². The van der Waals surface area contributed by atoms with E-state index in [1.807, 2.05) is 20.9 Å². The summed E-state index contributed by atoms with van der Waals surface area (Å²) in [7, 11) is 2.04. The van der Waals surface area contributed by atoms with Gasteiger partial charge < -0.3 is 9.69 Å². The van der Waals surface area contributed by atoms with Gasteiger partial charge in [-0.1, -0.05) is 20.4 Å². The lowest BCUT2D eigenvalue weighted by atomic mass is 9.93. The van der Waals surface area contributed by atoms with Crippen LogP contribution >= 0.6 is 0 Å². The molecule has 0 N–H and O–H groups in total. The van der Waals surface area contributed by atoms with Crippen LogP contribution in [0.5, 0.6) is 0 Å². The van der Waals surface area contributed by atoms with Gasteiger partial charge in [-0.3, -0.25) is 0 Å². The molecule has 1 saturated heterocycles. The molecule has 2 heteroatoms. The van der Waals surface area contributed by atoms with Crippen molar-refractivity contribution in [3.05, 3.63) is 12.3 Å². The van der Waals surface area contributed by atoms with E-state index in [9.17, 15) is 4.79 Å². The van der Waals surface area contributed by atoms with Gasteiger partial charge in [0, 0.05) is 31.6 Å². The lowest BCUT2D eigenvalue weighted by molar-refractivity contribution is -0.108. The highest BCUT2D eigenvalue weighted by Gasteiger charge is 2.19. The van der Waals surface area contributed by atoms with Gasteiger partial charge in [-0.2, -0.15) is 0 Å². The first-order valence-corrected chi connectivity index (χ1v) is 5.09. The van der Waals surface area contributed by atoms with Gasteiger partial charge >= 0.3 is 0 Å². The lowest BCUT2D eigenvalue weighted by Gasteiger charge is -2.32. The third-order valence-corrected chi connectivity index (χ3v) is 2.39. The summed E-state index contributed by atoms with van der Waals surface area (Å²) in [5, 5.41) is 0. The van der Waals surface area contributed by atoms with E-state index >= 15 is 0 Å². The average Bonchev–Trinajstić information content (AvgIpc) is 2.17. The molecule has 0 amide bonds. The van der Waals surface area contributed by atoms with Gasteiger partial charge in [-0.25, -0.2) is 0 Å². The molecular weight excluding hydrogens is 162 g/mol. The van der Waals surface area contributed by atoms with Crippen molar-refractivity contribution in [2.75, 3.05) is 13.6 Å². The summed E-state index contributed by atoms with van der Waals surface area (Å²) < 4.78 is 0. The minimum atomic E-state index is 0.409. The van der Waals surface area contributed by atoms with E-state index in [0.717, 1.165) is 24.9 Å². The molecule has 1 unspecified atom stereocenters. The van der Waals surface area contributed by atoms with Crippen LogP contribution in [0.15, 0.2) is 12.3 Å². The minimum absolute atomic E-state index is 0.409. The van der Waals surface area contributed by atoms with Crippen molar-refractivity contribution in [1.29, 1.82) is 0 Å². The molecule has 0 saturated carbocycles. The van der Waals surface area contributed by atoms with E-state index in [0.29, 0.717) is 12.3 Å². The molecule has 1 atom stereocenters. The number of allylic oxidation sites excluding steroid dienone is 1. The highest BCUT2D eigenvalue weighted by atomic mass is 16.1. The molecule has 0 aromatic carbocycles. The zero-order valence-electron chi connectivity index (χ0n) is 9.05. The second kappa shape index (κ2) is 6.70. The van der Waals surface area contributed by atoms with Crippen molar-refractivity contribution < 1.29 is 4.79 Å². The number of likely N-dealkylation sites (tertiary alicyclic amines) is 1. The van der Waals surface area contributed by atoms with Crippen LogP contribution in [-0.2, 0) is 4.79 Å². The van der Waals surface area contributed by atoms with Crippen molar-refractivity contribution in [3.8, 4) is 0 Å². The number of nitrogens with zero attached hydrogens (tertiary/aromatic N) is 1. The second-order valence-electron chi connectivity index (χ2n) is 3.15. The fourth-order valence-corrected chi connectivity index (χ4v) is 1.57.